The lowest BCUT2D eigenvalue weighted by molar-refractivity contribution is -0.129. The minimum Gasteiger partial charge on any atom is -0.402 e. The number of carbonyl (C=O) groups is 2. The van der Waals surface area contributed by atoms with Crippen LogP contribution in [-0.4, -0.2) is 17.8 Å². The highest BCUT2D eigenvalue weighted by Gasteiger charge is 2.24. The lowest BCUT2D eigenvalue weighted by atomic mass is 10.2. The van der Waals surface area contributed by atoms with Crippen molar-refractivity contribution in [2.75, 3.05) is 5.32 Å². The number of benzene rings is 2. The Labute approximate surface area is 137 Å². The lowest BCUT2D eigenvalue weighted by Crippen LogP contribution is -2.07. The third-order valence-electron chi connectivity index (χ3n) is 3.27. The number of nitrogens with zero attached hydrogens (tertiary/aromatic N) is 1. The summed E-state index contributed by atoms with van der Waals surface area (Å²) in [5.74, 6) is -1.13. The number of ether oxygens (including phenoxy) is 1. The number of carbonyl (C=O) groups excluding carboxylic acids is 2. The zero-order chi connectivity index (χ0) is 17.1. The molecule has 0 aliphatic carbocycles. The van der Waals surface area contributed by atoms with E-state index in [9.17, 15) is 14.0 Å². The molecule has 2 aromatic carbocycles. The van der Waals surface area contributed by atoms with Crippen LogP contribution in [-0.2, 0) is 14.3 Å². The van der Waals surface area contributed by atoms with Crippen LogP contribution in [0.25, 0.3) is 6.08 Å². The van der Waals surface area contributed by atoms with Gasteiger partial charge >= 0.3 is 5.97 Å². The second-order valence-corrected chi connectivity index (χ2v) is 5.12. The topological polar surface area (TPSA) is 67.8 Å². The molecule has 0 radical (unpaired) electrons. The average molecular weight is 324 g/mol. The van der Waals surface area contributed by atoms with Crippen molar-refractivity contribution >= 4 is 29.5 Å². The molecule has 0 spiro atoms. The summed E-state index contributed by atoms with van der Waals surface area (Å²) in [7, 11) is 0. The van der Waals surface area contributed by atoms with Crippen LogP contribution in [0.5, 0.6) is 0 Å². The van der Waals surface area contributed by atoms with Gasteiger partial charge in [0, 0.05) is 23.7 Å². The number of cyclic esters (lactones) is 1. The monoisotopic (exact) mass is 324 g/mol. The van der Waals surface area contributed by atoms with Crippen molar-refractivity contribution in [2.45, 2.75) is 6.92 Å². The van der Waals surface area contributed by atoms with E-state index in [4.69, 9.17) is 4.74 Å². The van der Waals surface area contributed by atoms with Crippen molar-refractivity contribution in [1.29, 1.82) is 0 Å². The summed E-state index contributed by atoms with van der Waals surface area (Å²) >= 11 is 0. The maximum absolute atomic E-state index is 13.7. The van der Waals surface area contributed by atoms with Gasteiger partial charge in [-0.3, -0.25) is 4.79 Å². The Kier molecular flexibility index (Phi) is 4.20. The zero-order valence-electron chi connectivity index (χ0n) is 12.7. The number of hydrogen-bond donors (Lipinski definition) is 1. The molecule has 0 saturated carbocycles. The number of aliphatic imine (C=N–C) groups is 1. The van der Waals surface area contributed by atoms with Crippen LogP contribution in [0, 0.1) is 5.82 Å². The molecule has 0 aromatic heterocycles. The van der Waals surface area contributed by atoms with Crippen LogP contribution in [0.4, 0.5) is 10.1 Å². The lowest BCUT2D eigenvalue weighted by Gasteiger charge is -2.03. The summed E-state index contributed by atoms with van der Waals surface area (Å²) in [6, 6.07) is 12.8. The highest BCUT2D eigenvalue weighted by Crippen LogP contribution is 2.21. The molecule has 5 nitrogen and oxygen atoms in total. The summed E-state index contributed by atoms with van der Waals surface area (Å²) < 4.78 is 18.8. The number of halogens is 1. The number of anilines is 1. The third kappa shape index (κ3) is 3.38. The third-order valence-corrected chi connectivity index (χ3v) is 3.27. The molecule has 1 N–H and O–H groups in total. The Bertz CT molecular complexity index is 870. The largest absolute Gasteiger partial charge is 0.402 e. The summed E-state index contributed by atoms with van der Waals surface area (Å²) in [5, 5.41) is 2.64. The molecule has 1 aliphatic heterocycles. The molecule has 0 saturated heterocycles. The molecule has 1 amide bonds. The minimum absolute atomic E-state index is 0.0287. The van der Waals surface area contributed by atoms with Crippen LogP contribution in [0.1, 0.15) is 18.1 Å². The highest BCUT2D eigenvalue weighted by molar-refractivity contribution is 6.13. The van der Waals surface area contributed by atoms with E-state index < -0.39 is 11.8 Å². The predicted molar refractivity (Wildman–Crippen MR) is 87.8 cm³/mol. The normalized spacial score (nSPS) is 15.2. The van der Waals surface area contributed by atoms with Crippen molar-refractivity contribution in [3.05, 3.63) is 71.2 Å². The van der Waals surface area contributed by atoms with Gasteiger partial charge in [0.1, 0.15) is 5.82 Å². The molecule has 0 atom stereocenters. The smallest absolute Gasteiger partial charge is 0.363 e. The Morgan fingerprint density at radius 2 is 1.88 bits per heavy atom. The molecule has 24 heavy (non-hydrogen) atoms. The van der Waals surface area contributed by atoms with Gasteiger partial charge in [-0.05, 0) is 36.4 Å². The average Bonchev–Trinajstić information content (AvgIpc) is 2.91. The number of amides is 1. The first-order valence-electron chi connectivity index (χ1n) is 7.18. The van der Waals surface area contributed by atoms with Crippen LogP contribution in [0.2, 0.25) is 0 Å². The van der Waals surface area contributed by atoms with Crippen LogP contribution >= 0.6 is 0 Å². The predicted octanol–water partition coefficient (Wildman–Crippen LogP) is 3.13. The van der Waals surface area contributed by atoms with Gasteiger partial charge < -0.3 is 10.1 Å². The fourth-order valence-corrected chi connectivity index (χ4v) is 2.17. The zero-order valence-corrected chi connectivity index (χ0v) is 12.7. The Morgan fingerprint density at radius 1 is 1.17 bits per heavy atom. The van der Waals surface area contributed by atoms with E-state index in [1.165, 1.54) is 19.1 Å². The van der Waals surface area contributed by atoms with Crippen molar-refractivity contribution in [2.24, 2.45) is 4.99 Å². The summed E-state index contributed by atoms with van der Waals surface area (Å²) in [6.07, 6.45) is 1.34. The first kappa shape index (κ1) is 15.6. The van der Waals surface area contributed by atoms with Crippen molar-refractivity contribution in [3.8, 4) is 0 Å². The van der Waals surface area contributed by atoms with E-state index in [0.717, 1.165) is 0 Å². The number of nitrogens with one attached hydrogen (secondary N) is 1. The Hall–Kier alpha value is -3.28. The van der Waals surface area contributed by atoms with Gasteiger partial charge in [-0.1, -0.05) is 18.2 Å². The van der Waals surface area contributed by atoms with Crippen molar-refractivity contribution in [3.63, 3.8) is 0 Å². The van der Waals surface area contributed by atoms with Gasteiger partial charge in [-0.25, -0.2) is 14.2 Å². The molecular formula is C18H13FN2O3. The molecule has 0 fully saturated rings. The van der Waals surface area contributed by atoms with Gasteiger partial charge in [-0.15, -0.1) is 0 Å². The first-order chi connectivity index (χ1) is 11.5. The second-order valence-electron chi connectivity index (χ2n) is 5.12. The van der Waals surface area contributed by atoms with Crippen molar-refractivity contribution in [1.82, 2.24) is 0 Å². The summed E-state index contributed by atoms with van der Waals surface area (Å²) in [6.45, 7) is 1.41. The highest BCUT2D eigenvalue weighted by atomic mass is 19.1. The van der Waals surface area contributed by atoms with Gasteiger partial charge in [-0.2, -0.15) is 0 Å². The quantitative estimate of drug-likeness (QED) is 0.697. The van der Waals surface area contributed by atoms with E-state index in [0.29, 0.717) is 11.3 Å². The first-order valence-corrected chi connectivity index (χ1v) is 7.18. The Morgan fingerprint density at radius 3 is 2.54 bits per heavy atom. The van der Waals surface area contributed by atoms with E-state index in [1.807, 2.05) is 0 Å². The number of hydrogen-bond acceptors (Lipinski definition) is 4. The fraction of sp³-hybridized carbons (Fsp3) is 0.0556. The van der Waals surface area contributed by atoms with Crippen molar-refractivity contribution < 1.29 is 18.7 Å². The van der Waals surface area contributed by atoms with Gasteiger partial charge in [0.25, 0.3) is 0 Å². The molecule has 120 valence electrons. The van der Waals surface area contributed by atoms with E-state index in [2.05, 4.69) is 10.3 Å². The molecule has 0 bridgehead atoms. The van der Waals surface area contributed by atoms with Gasteiger partial charge in [0.2, 0.25) is 11.8 Å². The molecule has 0 unspecified atom stereocenters. The second kappa shape index (κ2) is 6.45. The molecule has 1 aliphatic rings. The minimum atomic E-state index is -0.640. The number of esters is 1. The number of rotatable bonds is 3. The molecular weight excluding hydrogens is 311 g/mol. The standard InChI is InChI=1S/C18H13FN2O3/c1-11(22)20-14-8-6-12(7-9-14)17-21-16(18(23)24-17)10-13-4-2-3-5-15(13)19/h2-10H,1H3,(H,20,22)/b16-10-. The van der Waals surface area contributed by atoms with E-state index >= 15 is 0 Å². The van der Waals surface area contributed by atoms with Crippen LogP contribution in [0.3, 0.4) is 0 Å². The molecule has 3 rings (SSSR count). The maximum atomic E-state index is 13.7. The van der Waals surface area contributed by atoms with E-state index in [-0.39, 0.29) is 23.1 Å². The van der Waals surface area contributed by atoms with Crippen LogP contribution < -0.4 is 5.32 Å². The molecule has 2 aromatic rings. The fourth-order valence-electron chi connectivity index (χ4n) is 2.17. The SMILES string of the molecule is CC(=O)Nc1ccc(C2=N/C(=C\c3ccccc3F)C(=O)O2)cc1. The molecule has 6 heteroatoms. The van der Waals surface area contributed by atoms with E-state index in [1.54, 1.807) is 42.5 Å². The summed E-state index contributed by atoms with van der Waals surface area (Å²) in [5.41, 5.74) is 1.49. The Balaban J connectivity index is 1.86. The van der Waals surface area contributed by atoms with Gasteiger partial charge in [0.05, 0.1) is 0 Å². The molecule has 1 heterocycles. The maximum Gasteiger partial charge on any atom is 0.363 e. The van der Waals surface area contributed by atoms with Gasteiger partial charge in [0.15, 0.2) is 5.70 Å². The van der Waals surface area contributed by atoms with Crippen LogP contribution in [0.15, 0.2) is 59.2 Å². The summed E-state index contributed by atoms with van der Waals surface area (Å²) in [4.78, 5) is 27.0.